The molecule has 0 bridgehead atoms. The summed E-state index contributed by atoms with van der Waals surface area (Å²) in [6.07, 6.45) is 4.28. The third-order valence-corrected chi connectivity index (χ3v) is 3.05. The van der Waals surface area contributed by atoms with Crippen molar-refractivity contribution in [3.8, 4) is 11.4 Å². The average molecular weight is 265 g/mol. The quantitative estimate of drug-likeness (QED) is 0.530. The number of fused-ring (bicyclic) bond motifs is 3. The number of pyridine rings is 1. The third kappa shape index (κ3) is 1.62. The SMILES string of the molecule is Fc1cncc(-c2nc3c4ccccc4ncn3n2)c1. The second-order valence-electron chi connectivity index (χ2n) is 4.36. The number of aromatic nitrogens is 5. The summed E-state index contributed by atoms with van der Waals surface area (Å²) >= 11 is 0. The van der Waals surface area contributed by atoms with Gasteiger partial charge in [-0.05, 0) is 18.2 Å². The highest BCUT2D eigenvalue weighted by molar-refractivity contribution is 5.91. The molecular weight excluding hydrogens is 257 g/mol. The number of nitrogens with zero attached hydrogens (tertiary/aromatic N) is 5. The van der Waals surface area contributed by atoms with Crippen molar-refractivity contribution in [1.29, 1.82) is 0 Å². The molecule has 0 saturated carbocycles. The highest BCUT2D eigenvalue weighted by atomic mass is 19.1. The van der Waals surface area contributed by atoms with Gasteiger partial charge >= 0.3 is 0 Å². The predicted molar refractivity (Wildman–Crippen MR) is 71.5 cm³/mol. The minimum Gasteiger partial charge on any atom is -0.261 e. The molecule has 0 saturated heterocycles. The Kier molecular flexibility index (Phi) is 2.23. The van der Waals surface area contributed by atoms with Gasteiger partial charge in [-0.25, -0.2) is 18.9 Å². The van der Waals surface area contributed by atoms with Gasteiger partial charge in [-0.2, -0.15) is 0 Å². The first-order valence-corrected chi connectivity index (χ1v) is 6.02. The zero-order valence-electron chi connectivity index (χ0n) is 10.2. The monoisotopic (exact) mass is 265 g/mol. The highest BCUT2D eigenvalue weighted by Crippen LogP contribution is 2.20. The van der Waals surface area contributed by atoms with Gasteiger partial charge in [0, 0.05) is 17.1 Å². The van der Waals surface area contributed by atoms with Gasteiger partial charge in [-0.15, -0.1) is 5.10 Å². The van der Waals surface area contributed by atoms with E-state index in [0.717, 1.165) is 17.1 Å². The molecule has 0 atom stereocenters. The van der Waals surface area contributed by atoms with Crippen molar-refractivity contribution in [2.75, 3.05) is 0 Å². The molecule has 1 aromatic carbocycles. The fourth-order valence-corrected chi connectivity index (χ4v) is 2.14. The van der Waals surface area contributed by atoms with E-state index >= 15 is 0 Å². The van der Waals surface area contributed by atoms with Gasteiger partial charge in [-0.3, -0.25) is 4.98 Å². The first kappa shape index (κ1) is 11.0. The van der Waals surface area contributed by atoms with Gasteiger partial charge < -0.3 is 0 Å². The van der Waals surface area contributed by atoms with Gasteiger partial charge in [0.2, 0.25) is 0 Å². The molecule has 3 heterocycles. The van der Waals surface area contributed by atoms with E-state index in [9.17, 15) is 4.39 Å². The van der Waals surface area contributed by atoms with Crippen LogP contribution in [0.2, 0.25) is 0 Å². The number of hydrogen-bond acceptors (Lipinski definition) is 4. The lowest BCUT2D eigenvalue weighted by atomic mass is 10.2. The van der Waals surface area contributed by atoms with Crippen LogP contribution in [0.5, 0.6) is 0 Å². The Bertz CT molecular complexity index is 931. The van der Waals surface area contributed by atoms with Crippen molar-refractivity contribution in [2.24, 2.45) is 0 Å². The predicted octanol–water partition coefficient (Wildman–Crippen LogP) is 2.48. The topological polar surface area (TPSA) is 56.0 Å². The Morgan fingerprint density at radius 3 is 2.90 bits per heavy atom. The fraction of sp³-hybridized carbons (Fsp3) is 0. The van der Waals surface area contributed by atoms with Gasteiger partial charge in [0.05, 0.1) is 11.7 Å². The first-order valence-electron chi connectivity index (χ1n) is 6.02. The minimum atomic E-state index is -0.413. The lowest BCUT2D eigenvalue weighted by Gasteiger charge is -1.96. The molecule has 4 rings (SSSR count). The molecule has 0 aliphatic heterocycles. The van der Waals surface area contributed by atoms with Crippen LogP contribution in [-0.2, 0) is 0 Å². The summed E-state index contributed by atoms with van der Waals surface area (Å²) in [6, 6.07) is 9.03. The van der Waals surface area contributed by atoms with Crippen LogP contribution < -0.4 is 0 Å². The summed E-state index contributed by atoms with van der Waals surface area (Å²) in [5, 5.41) is 5.21. The number of para-hydroxylation sites is 1. The summed E-state index contributed by atoms with van der Waals surface area (Å²) in [5.74, 6) is 0.0134. The fourth-order valence-electron chi connectivity index (χ4n) is 2.14. The Balaban J connectivity index is 2.01. The van der Waals surface area contributed by atoms with Crippen molar-refractivity contribution < 1.29 is 4.39 Å². The lowest BCUT2D eigenvalue weighted by Crippen LogP contribution is -1.91. The standard InChI is InChI=1S/C14H8FN5/c15-10-5-9(6-16-7-10)13-18-14-11-3-1-2-4-12(11)17-8-20(14)19-13/h1-8H. The average Bonchev–Trinajstić information content (AvgIpc) is 2.92. The van der Waals surface area contributed by atoms with Crippen LogP contribution in [0.25, 0.3) is 27.9 Å². The molecule has 5 nitrogen and oxygen atoms in total. The van der Waals surface area contributed by atoms with Crippen molar-refractivity contribution in [3.05, 3.63) is 54.9 Å². The van der Waals surface area contributed by atoms with Crippen LogP contribution >= 0.6 is 0 Å². The summed E-state index contributed by atoms with van der Waals surface area (Å²) < 4.78 is 14.8. The van der Waals surface area contributed by atoms with Crippen molar-refractivity contribution in [2.45, 2.75) is 0 Å². The molecule has 20 heavy (non-hydrogen) atoms. The Labute approximate surface area is 112 Å². The molecule has 0 fully saturated rings. The minimum absolute atomic E-state index is 0.413. The van der Waals surface area contributed by atoms with E-state index in [0.29, 0.717) is 17.0 Å². The van der Waals surface area contributed by atoms with Crippen molar-refractivity contribution >= 4 is 16.6 Å². The largest absolute Gasteiger partial charge is 0.261 e. The Morgan fingerprint density at radius 2 is 2.00 bits per heavy atom. The number of halogens is 1. The number of hydrogen-bond donors (Lipinski definition) is 0. The van der Waals surface area contributed by atoms with Crippen LogP contribution in [-0.4, -0.2) is 24.6 Å². The van der Waals surface area contributed by atoms with Crippen molar-refractivity contribution in [3.63, 3.8) is 0 Å². The Hall–Kier alpha value is -2.89. The smallest absolute Gasteiger partial charge is 0.183 e. The van der Waals surface area contributed by atoms with E-state index in [1.807, 2.05) is 24.3 Å². The Morgan fingerprint density at radius 1 is 1.10 bits per heavy atom. The van der Waals surface area contributed by atoms with E-state index in [-0.39, 0.29) is 0 Å². The second-order valence-corrected chi connectivity index (χ2v) is 4.36. The maximum atomic E-state index is 13.2. The molecular formula is C14H8FN5. The van der Waals surface area contributed by atoms with Crippen LogP contribution in [0.4, 0.5) is 4.39 Å². The number of rotatable bonds is 1. The first-order chi connectivity index (χ1) is 9.81. The molecule has 3 aromatic heterocycles. The van der Waals surface area contributed by atoms with E-state index in [4.69, 9.17) is 0 Å². The molecule has 96 valence electrons. The van der Waals surface area contributed by atoms with Gasteiger partial charge in [0.1, 0.15) is 12.1 Å². The van der Waals surface area contributed by atoms with Gasteiger partial charge in [0.15, 0.2) is 11.5 Å². The number of benzene rings is 1. The molecule has 0 aliphatic rings. The lowest BCUT2D eigenvalue weighted by molar-refractivity contribution is 0.622. The summed E-state index contributed by atoms with van der Waals surface area (Å²) in [5.41, 5.74) is 2.07. The summed E-state index contributed by atoms with van der Waals surface area (Å²) in [7, 11) is 0. The van der Waals surface area contributed by atoms with E-state index in [1.54, 1.807) is 10.8 Å². The summed E-state index contributed by atoms with van der Waals surface area (Å²) in [6.45, 7) is 0. The zero-order valence-corrected chi connectivity index (χ0v) is 10.2. The van der Waals surface area contributed by atoms with E-state index in [1.165, 1.54) is 12.3 Å². The highest BCUT2D eigenvalue weighted by Gasteiger charge is 2.10. The van der Waals surface area contributed by atoms with Gasteiger partial charge in [-0.1, -0.05) is 12.1 Å². The van der Waals surface area contributed by atoms with E-state index in [2.05, 4.69) is 20.1 Å². The maximum Gasteiger partial charge on any atom is 0.183 e. The van der Waals surface area contributed by atoms with Crippen LogP contribution in [0, 0.1) is 5.82 Å². The molecule has 0 amide bonds. The zero-order chi connectivity index (χ0) is 13.5. The van der Waals surface area contributed by atoms with Crippen LogP contribution in [0.15, 0.2) is 49.1 Å². The molecule has 0 aliphatic carbocycles. The van der Waals surface area contributed by atoms with Crippen molar-refractivity contribution in [1.82, 2.24) is 24.6 Å². The van der Waals surface area contributed by atoms with E-state index < -0.39 is 5.82 Å². The second kappa shape index (κ2) is 4.06. The molecule has 4 aromatic rings. The molecule has 6 heteroatoms. The molecule has 0 spiro atoms. The normalized spacial score (nSPS) is 11.2. The summed E-state index contributed by atoms with van der Waals surface area (Å²) in [4.78, 5) is 12.6. The third-order valence-electron chi connectivity index (χ3n) is 3.05. The van der Waals surface area contributed by atoms with Gasteiger partial charge in [0.25, 0.3) is 0 Å². The maximum absolute atomic E-state index is 13.2. The van der Waals surface area contributed by atoms with Crippen LogP contribution in [0.3, 0.4) is 0 Å². The molecule has 0 unspecified atom stereocenters. The molecule has 0 N–H and O–H groups in total. The molecule has 0 radical (unpaired) electrons. The van der Waals surface area contributed by atoms with Crippen LogP contribution in [0.1, 0.15) is 0 Å².